The molecule has 1 spiro atoms. The Hall–Kier alpha value is -0.0800. The second-order valence-corrected chi connectivity index (χ2v) is 4.24. The molecule has 2 heteroatoms. The molecule has 2 fully saturated rings. The first kappa shape index (κ1) is 7.56. The first-order valence-corrected chi connectivity index (χ1v) is 4.68. The zero-order valence-electron chi connectivity index (χ0n) is 7.34. The van der Waals surface area contributed by atoms with Crippen molar-refractivity contribution >= 4 is 0 Å². The van der Waals surface area contributed by atoms with Crippen molar-refractivity contribution in [3.63, 3.8) is 0 Å². The fourth-order valence-corrected chi connectivity index (χ4v) is 2.34. The van der Waals surface area contributed by atoms with Crippen LogP contribution in [-0.2, 0) is 0 Å². The van der Waals surface area contributed by atoms with E-state index in [1.165, 1.54) is 32.2 Å². The highest BCUT2D eigenvalue weighted by molar-refractivity contribution is 5.06. The topological polar surface area (TPSA) is 29.3 Å². The van der Waals surface area contributed by atoms with Crippen molar-refractivity contribution in [3.05, 3.63) is 0 Å². The van der Waals surface area contributed by atoms with Crippen molar-refractivity contribution in [3.8, 4) is 0 Å². The first-order valence-electron chi connectivity index (χ1n) is 4.68. The molecule has 1 saturated heterocycles. The molecule has 1 heterocycles. The van der Waals surface area contributed by atoms with Gasteiger partial charge in [-0.15, -0.1) is 0 Å². The Bertz CT molecular complexity index is 152. The van der Waals surface area contributed by atoms with E-state index in [9.17, 15) is 0 Å². The molecule has 64 valence electrons. The summed E-state index contributed by atoms with van der Waals surface area (Å²) in [5, 5.41) is 0. The normalized spacial score (nSPS) is 36.0. The van der Waals surface area contributed by atoms with E-state index in [0.717, 1.165) is 12.5 Å². The molecule has 0 aromatic heterocycles. The molecule has 2 N–H and O–H groups in total. The minimum Gasteiger partial charge on any atom is -0.330 e. The van der Waals surface area contributed by atoms with Crippen molar-refractivity contribution in [2.45, 2.75) is 31.2 Å². The van der Waals surface area contributed by atoms with Gasteiger partial charge in [0.15, 0.2) is 0 Å². The van der Waals surface area contributed by atoms with Crippen LogP contribution in [0.1, 0.15) is 25.7 Å². The fourth-order valence-electron chi connectivity index (χ4n) is 2.34. The maximum atomic E-state index is 5.68. The van der Waals surface area contributed by atoms with Gasteiger partial charge in [0.2, 0.25) is 0 Å². The average molecular weight is 154 g/mol. The number of nitrogens with zero attached hydrogens (tertiary/aromatic N) is 1. The molecule has 0 amide bonds. The summed E-state index contributed by atoms with van der Waals surface area (Å²) in [6, 6.07) is 0. The van der Waals surface area contributed by atoms with Gasteiger partial charge in [-0.05, 0) is 51.7 Å². The van der Waals surface area contributed by atoms with Gasteiger partial charge < -0.3 is 10.6 Å². The lowest BCUT2D eigenvalue weighted by Crippen LogP contribution is -2.43. The van der Waals surface area contributed by atoms with E-state index in [-0.39, 0.29) is 0 Å². The fraction of sp³-hybridized carbons (Fsp3) is 1.00. The Labute approximate surface area is 68.7 Å². The molecule has 1 aliphatic carbocycles. The lowest BCUT2D eigenvalue weighted by molar-refractivity contribution is 0.126. The summed E-state index contributed by atoms with van der Waals surface area (Å²) in [7, 11) is 2.26. The van der Waals surface area contributed by atoms with Gasteiger partial charge in [-0.25, -0.2) is 0 Å². The van der Waals surface area contributed by atoms with Crippen LogP contribution in [0, 0.1) is 5.92 Å². The zero-order chi connectivity index (χ0) is 7.90. The van der Waals surface area contributed by atoms with E-state index in [4.69, 9.17) is 5.73 Å². The molecule has 0 aromatic carbocycles. The smallest absolute Gasteiger partial charge is 0.0211 e. The van der Waals surface area contributed by atoms with E-state index in [1.54, 1.807) is 0 Å². The summed E-state index contributed by atoms with van der Waals surface area (Å²) < 4.78 is 0. The lowest BCUT2D eigenvalue weighted by atomic mass is 9.89. The number of hydrogen-bond acceptors (Lipinski definition) is 2. The van der Waals surface area contributed by atoms with Gasteiger partial charge in [-0.1, -0.05) is 0 Å². The summed E-state index contributed by atoms with van der Waals surface area (Å²) in [5.74, 6) is 0.814. The van der Waals surface area contributed by atoms with E-state index in [0.29, 0.717) is 5.54 Å². The standard InChI is InChI=1S/C9H18N2/c1-11-5-2-8(7-10)6-9(11)3-4-9/h8H,2-7,10H2,1H3. The van der Waals surface area contributed by atoms with Crippen molar-refractivity contribution in [2.24, 2.45) is 11.7 Å². The molecule has 0 bridgehead atoms. The van der Waals surface area contributed by atoms with E-state index in [2.05, 4.69) is 11.9 Å². The van der Waals surface area contributed by atoms with Crippen LogP contribution in [0.5, 0.6) is 0 Å². The number of piperidine rings is 1. The van der Waals surface area contributed by atoms with Crippen LogP contribution in [0.2, 0.25) is 0 Å². The third kappa shape index (κ3) is 1.18. The number of nitrogens with two attached hydrogens (primary N) is 1. The molecule has 1 saturated carbocycles. The van der Waals surface area contributed by atoms with Gasteiger partial charge in [0, 0.05) is 5.54 Å². The minimum absolute atomic E-state index is 0.613. The predicted molar refractivity (Wildman–Crippen MR) is 46.4 cm³/mol. The Balaban J connectivity index is 1.98. The summed E-state index contributed by atoms with van der Waals surface area (Å²) in [6.07, 6.45) is 5.51. The molecule has 2 aliphatic rings. The van der Waals surface area contributed by atoms with Crippen LogP contribution >= 0.6 is 0 Å². The van der Waals surface area contributed by atoms with Crippen LogP contribution in [-0.4, -0.2) is 30.6 Å². The molecule has 11 heavy (non-hydrogen) atoms. The maximum absolute atomic E-state index is 5.68. The molecule has 0 aromatic rings. The predicted octanol–water partition coefficient (Wildman–Crippen LogP) is 0.819. The second kappa shape index (κ2) is 2.46. The van der Waals surface area contributed by atoms with Gasteiger partial charge in [0.1, 0.15) is 0 Å². The lowest BCUT2D eigenvalue weighted by Gasteiger charge is -2.37. The third-order valence-electron chi connectivity index (χ3n) is 3.51. The summed E-state index contributed by atoms with van der Waals surface area (Å²) in [5.41, 5.74) is 6.29. The molecule has 0 radical (unpaired) electrons. The quantitative estimate of drug-likeness (QED) is 0.606. The minimum atomic E-state index is 0.613. The van der Waals surface area contributed by atoms with Crippen molar-refractivity contribution in [2.75, 3.05) is 20.1 Å². The van der Waals surface area contributed by atoms with E-state index < -0.39 is 0 Å². The van der Waals surface area contributed by atoms with Gasteiger partial charge >= 0.3 is 0 Å². The molecule has 2 rings (SSSR count). The van der Waals surface area contributed by atoms with Crippen LogP contribution in [0.15, 0.2) is 0 Å². The van der Waals surface area contributed by atoms with Crippen molar-refractivity contribution in [1.29, 1.82) is 0 Å². The van der Waals surface area contributed by atoms with Gasteiger partial charge in [-0.3, -0.25) is 0 Å². The SMILES string of the molecule is CN1CCC(CN)CC12CC2. The molecule has 1 unspecified atom stereocenters. The highest BCUT2D eigenvalue weighted by Crippen LogP contribution is 2.48. The molecular formula is C9H18N2. The molecule has 1 aliphatic heterocycles. The van der Waals surface area contributed by atoms with Crippen molar-refractivity contribution < 1.29 is 0 Å². The van der Waals surface area contributed by atoms with E-state index in [1.807, 2.05) is 0 Å². The average Bonchev–Trinajstić information content (AvgIpc) is 2.77. The van der Waals surface area contributed by atoms with Crippen LogP contribution in [0.25, 0.3) is 0 Å². The molecule has 2 nitrogen and oxygen atoms in total. The Morgan fingerprint density at radius 2 is 2.27 bits per heavy atom. The first-order chi connectivity index (χ1) is 5.27. The number of likely N-dealkylation sites (tertiary alicyclic amines) is 1. The number of rotatable bonds is 1. The monoisotopic (exact) mass is 154 g/mol. The highest BCUT2D eigenvalue weighted by atomic mass is 15.2. The maximum Gasteiger partial charge on any atom is 0.0211 e. The van der Waals surface area contributed by atoms with Gasteiger partial charge in [0.05, 0.1) is 0 Å². The van der Waals surface area contributed by atoms with Crippen LogP contribution in [0.4, 0.5) is 0 Å². The van der Waals surface area contributed by atoms with Crippen LogP contribution < -0.4 is 5.73 Å². The number of hydrogen-bond donors (Lipinski definition) is 1. The zero-order valence-corrected chi connectivity index (χ0v) is 7.34. The summed E-state index contributed by atoms with van der Waals surface area (Å²) >= 11 is 0. The highest BCUT2D eigenvalue weighted by Gasteiger charge is 2.49. The summed E-state index contributed by atoms with van der Waals surface area (Å²) in [6.45, 7) is 2.16. The molecular weight excluding hydrogens is 136 g/mol. The Morgan fingerprint density at radius 3 is 2.82 bits per heavy atom. The second-order valence-electron chi connectivity index (χ2n) is 4.24. The van der Waals surface area contributed by atoms with Gasteiger partial charge in [-0.2, -0.15) is 0 Å². The molecule has 1 atom stereocenters. The van der Waals surface area contributed by atoms with E-state index >= 15 is 0 Å². The third-order valence-corrected chi connectivity index (χ3v) is 3.51. The van der Waals surface area contributed by atoms with Crippen molar-refractivity contribution in [1.82, 2.24) is 4.90 Å². The Kier molecular flexibility index (Phi) is 1.69. The largest absolute Gasteiger partial charge is 0.330 e. The summed E-state index contributed by atoms with van der Waals surface area (Å²) in [4.78, 5) is 2.54. The van der Waals surface area contributed by atoms with Gasteiger partial charge in [0.25, 0.3) is 0 Å². The Morgan fingerprint density at radius 1 is 1.55 bits per heavy atom. The van der Waals surface area contributed by atoms with Crippen LogP contribution in [0.3, 0.4) is 0 Å².